The number of likely N-dealkylation sites (tertiary alicyclic amines) is 1. The van der Waals surface area contributed by atoms with Crippen LogP contribution in [0.1, 0.15) is 33.6 Å². The largest absolute Gasteiger partial charge is 0.444 e. The van der Waals surface area contributed by atoms with E-state index in [9.17, 15) is 14.9 Å². The van der Waals surface area contributed by atoms with Gasteiger partial charge in [0.1, 0.15) is 11.4 Å². The van der Waals surface area contributed by atoms with Crippen molar-refractivity contribution < 1.29 is 14.5 Å². The van der Waals surface area contributed by atoms with Crippen LogP contribution in [0.15, 0.2) is 24.4 Å². The topological polar surface area (TPSA) is 102 Å². The highest BCUT2D eigenvalue weighted by Gasteiger charge is 2.29. The van der Waals surface area contributed by atoms with Gasteiger partial charge in [-0.2, -0.15) is 0 Å². The fraction of sp³-hybridized carbons (Fsp3) is 0.526. The zero-order valence-electron chi connectivity index (χ0n) is 16.6. The van der Waals surface area contributed by atoms with E-state index in [1.54, 1.807) is 17.2 Å². The van der Waals surface area contributed by atoms with E-state index >= 15 is 0 Å². The van der Waals surface area contributed by atoms with Crippen molar-refractivity contribution in [1.82, 2.24) is 14.9 Å². The second kappa shape index (κ2) is 7.57. The Morgan fingerprint density at radius 3 is 2.57 bits per heavy atom. The van der Waals surface area contributed by atoms with Crippen LogP contribution in [0.5, 0.6) is 0 Å². The van der Waals surface area contributed by atoms with E-state index in [2.05, 4.69) is 14.9 Å². The third kappa shape index (κ3) is 4.47. The molecule has 0 atom stereocenters. The van der Waals surface area contributed by atoms with E-state index in [0.29, 0.717) is 29.9 Å². The zero-order chi connectivity index (χ0) is 20.5. The minimum atomic E-state index is -0.500. The molecule has 0 bridgehead atoms. The van der Waals surface area contributed by atoms with Crippen LogP contribution in [0, 0.1) is 10.1 Å². The van der Waals surface area contributed by atoms with E-state index in [1.807, 2.05) is 27.8 Å². The number of anilines is 1. The summed E-state index contributed by atoms with van der Waals surface area (Å²) in [6, 6.07) is 4.69. The Labute approximate surface area is 163 Å². The quantitative estimate of drug-likeness (QED) is 0.588. The molecule has 1 aromatic heterocycles. The minimum absolute atomic E-state index is 0.00239. The predicted octanol–water partition coefficient (Wildman–Crippen LogP) is 3.37. The number of hydrogen-bond donors (Lipinski definition) is 0. The van der Waals surface area contributed by atoms with Gasteiger partial charge in [0, 0.05) is 38.3 Å². The first-order valence-electron chi connectivity index (χ1n) is 9.26. The van der Waals surface area contributed by atoms with Crippen LogP contribution in [0.4, 0.5) is 16.3 Å². The van der Waals surface area contributed by atoms with Gasteiger partial charge in [0.05, 0.1) is 22.2 Å². The maximum absolute atomic E-state index is 12.2. The van der Waals surface area contributed by atoms with Crippen molar-refractivity contribution in [2.75, 3.05) is 25.0 Å². The molecule has 150 valence electrons. The van der Waals surface area contributed by atoms with Gasteiger partial charge in [-0.1, -0.05) is 0 Å². The first-order valence-corrected chi connectivity index (χ1v) is 9.26. The van der Waals surface area contributed by atoms with Gasteiger partial charge in [0.15, 0.2) is 0 Å². The molecular formula is C19H25N5O4. The van der Waals surface area contributed by atoms with Crippen molar-refractivity contribution in [3.05, 3.63) is 34.5 Å². The molecule has 9 heteroatoms. The Bertz CT molecular complexity index is 888. The molecule has 9 nitrogen and oxygen atoms in total. The summed E-state index contributed by atoms with van der Waals surface area (Å²) in [4.78, 5) is 35.4. The number of rotatable bonds is 3. The summed E-state index contributed by atoms with van der Waals surface area (Å²) in [6.07, 6.45) is 2.96. The number of carbonyl (C=O) groups excluding carboxylic acids is 1. The number of carbonyl (C=O) groups is 1. The van der Waals surface area contributed by atoms with Gasteiger partial charge in [0.2, 0.25) is 0 Å². The van der Waals surface area contributed by atoms with Crippen molar-refractivity contribution in [3.63, 3.8) is 0 Å². The summed E-state index contributed by atoms with van der Waals surface area (Å²) >= 11 is 0. The molecule has 0 N–H and O–H groups in total. The Morgan fingerprint density at radius 2 is 1.96 bits per heavy atom. The number of ether oxygens (including phenoxy) is 1. The molecule has 1 fully saturated rings. The number of non-ortho nitro benzene ring substituents is 1. The van der Waals surface area contributed by atoms with Gasteiger partial charge in [-0.25, -0.2) is 9.78 Å². The molecule has 2 aromatic rings. The first kappa shape index (κ1) is 19.8. The molecule has 3 rings (SSSR count). The number of nitro groups is 1. The molecule has 0 unspecified atom stereocenters. The Morgan fingerprint density at radius 1 is 1.29 bits per heavy atom. The average molecular weight is 387 g/mol. The molecule has 1 aromatic carbocycles. The monoisotopic (exact) mass is 387 g/mol. The summed E-state index contributed by atoms with van der Waals surface area (Å²) in [5.41, 5.74) is 0.602. The van der Waals surface area contributed by atoms with Crippen LogP contribution in [-0.4, -0.2) is 57.7 Å². The van der Waals surface area contributed by atoms with Crippen molar-refractivity contribution >= 4 is 28.6 Å². The van der Waals surface area contributed by atoms with E-state index in [1.165, 1.54) is 12.1 Å². The SMILES string of the molecule is CN(c1cnc2cc([N+](=O)[O-])ccc2n1)C1CCN(C(=O)OC(C)(C)C)CC1. The summed E-state index contributed by atoms with van der Waals surface area (Å²) in [5.74, 6) is 0.706. The molecule has 28 heavy (non-hydrogen) atoms. The second-order valence-corrected chi connectivity index (χ2v) is 7.97. The molecule has 1 saturated heterocycles. The maximum Gasteiger partial charge on any atom is 0.410 e. The standard InChI is InChI=1S/C19H25N5O4/c1-19(2,3)28-18(25)23-9-7-13(8-10-23)22(4)17-12-20-16-11-14(24(26)27)5-6-15(16)21-17/h5-6,11-13H,7-10H2,1-4H3. The summed E-state index contributed by atoms with van der Waals surface area (Å²) in [7, 11) is 1.95. The van der Waals surface area contributed by atoms with Crippen molar-refractivity contribution in [1.29, 1.82) is 0 Å². The number of fused-ring (bicyclic) bond motifs is 1. The van der Waals surface area contributed by atoms with E-state index in [0.717, 1.165) is 12.8 Å². The highest BCUT2D eigenvalue weighted by atomic mass is 16.6. The number of nitro benzene ring substituents is 1. The predicted molar refractivity (Wildman–Crippen MR) is 105 cm³/mol. The minimum Gasteiger partial charge on any atom is -0.444 e. The van der Waals surface area contributed by atoms with Gasteiger partial charge < -0.3 is 14.5 Å². The fourth-order valence-electron chi connectivity index (χ4n) is 3.22. The van der Waals surface area contributed by atoms with Gasteiger partial charge >= 0.3 is 6.09 Å². The number of amides is 1. The van der Waals surface area contributed by atoms with Crippen molar-refractivity contribution in [2.24, 2.45) is 0 Å². The smallest absolute Gasteiger partial charge is 0.410 e. The third-order valence-electron chi connectivity index (χ3n) is 4.75. The summed E-state index contributed by atoms with van der Waals surface area (Å²) in [5, 5.41) is 10.9. The molecule has 1 aliphatic heterocycles. The molecule has 1 aliphatic rings. The lowest BCUT2D eigenvalue weighted by Gasteiger charge is -2.37. The van der Waals surface area contributed by atoms with Crippen LogP contribution >= 0.6 is 0 Å². The van der Waals surface area contributed by atoms with E-state index < -0.39 is 10.5 Å². The molecular weight excluding hydrogens is 362 g/mol. The third-order valence-corrected chi connectivity index (χ3v) is 4.75. The van der Waals surface area contributed by atoms with Crippen LogP contribution in [-0.2, 0) is 4.74 Å². The summed E-state index contributed by atoms with van der Waals surface area (Å²) in [6.45, 7) is 6.82. The molecule has 0 saturated carbocycles. The lowest BCUT2D eigenvalue weighted by atomic mass is 10.0. The molecule has 1 amide bonds. The average Bonchev–Trinajstić information content (AvgIpc) is 2.65. The van der Waals surface area contributed by atoms with Crippen molar-refractivity contribution in [3.8, 4) is 0 Å². The van der Waals surface area contributed by atoms with E-state index in [4.69, 9.17) is 4.74 Å². The number of piperidine rings is 1. The second-order valence-electron chi connectivity index (χ2n) is 7.97. The highest BCUT2D eigenvalue weighted by molar-refractivity contribution is 5.78. The Balaban J connectivity index is 1.66. The van der Waals surface area contributed by atoms with Crippen LogP contribution in [0.3, 0.4) is 0 Å². The maximum atomic E-state index is 12.2. The highest BCUT2D eigenvalue weighted by Crippen LogP contribution is 2.24. The van der Waals surface area contributed by atoms with Gasteiger partial charge in [0.25, 0.3) is 5.69 Å². The van der Waals surface area contributed by atoms with Gasteiger partial charge in [-0.15, -0.1) is 0 Å². The molecule has 2 heterocycles. The molecule has 0 aliphatic carbocycles. The lowest BCUT2D eigenvalue weighted by molar-refractivity contribution is -0.384. The Hall–Kier alpha value is -2.97. The zero-order valence-corrected chi connectivity index (χ0v) is 16.6. The van der Waals surface area contributed by atoms with Crippen LogP contribution < -0.4 is 4.90 Å². The van der Waals surface area contributed by atoms with Gasteiger partial charge in [-0.3, -0.25) is 15.1 Å². The van der Waals surface area contributed by atoms with Gasteiger partial charge in [-0.05, 0) is 39.7 Å². The first-order chi connectivity index (χ1) is 13.1. The number of benzene rings is 1. The molecule has 0 radical (unpaired) electrons. The summed E-state index contributed by atoms with van der Waals surface area (Å²) < 4.78 is 5.44. The normalized spacial score (nSPS) is 15.5. The number of aromatic nitrogens is 2. The van der Waals surface area contributed by atoms with Crippen LogP contribution in [0.2, 0.25) is 0 Å². The van der Waals surface area contributed by atoms with E-state index in [-0.39, 0.29) is 17.8 Å². The van der Waals surface area contributed by atoms with Crippen LogP contribution in [0.25, 0.3) is 11.0 Å². The van der Waals surface area contributed by atoms with Crippen molar-refractivity contribution in [2.45, 2.75) is 45.3 Å². The fourth-order valence-corrected chi connectivity index (χ4v) is 3.22. The molecule has 0 spiro atoms. The lowest BCUT2D eigenvalue weighted by Crippen LogP contribution is -2.47. The number of hydrogen-bond acceptors (Lipinski definition) is 7. The number of nitrogens with zero attached hydrogens (tertiary/aromatic N) is 5. The Kier molecular flexibility index (Phi) is 5.35.